The fourth-order valence-electron chi connectivity index (χ4n) is 0.982. The Morgan fingerprint density at radius 2 is 1.86 bits per heavy atom. The molecule has 0 bridgehead atoms. The summed E-state index contributed by atoms with van der Waals surface area (Å²) >= 11 is 0. The van der Waals surface area contributed by atoms with Crippen molar-refractivity contribution in [3.63, 3.8) is 0 Å². The molecule has 0 amide bonds. The van der Waals surface area contributed by atoms with Crippen LogP contribution < -0.4 is 5.32 Å². The summed E-state index contributed by atoms with van der Waals surface area (Å²) in [7, 11) is 0. The van der Waals surface area contributed by atoms with Crippen molar-refractivity contribution >= 4 is 0 Å². The Hall–Kier alpha value is -1.16. The third kappa shape index (κ3) is 3.30. The highest BCUT2D eigenvalue weighted by molar-refractivity contribution is 5.25. The van der Waals surface area contributed by atoms with Crippen LogP contribution in [0, 0.1) is 0 Å². The summed E-state index contributed by atoms with van der Waals surface area (Å²) in [6.45, 7) is 1.82. The number of phenols is 1. The van der Waals surface area contributed by atoms with Crippen LogP contribution in [-0.4, -0.2) is 17.6 Å². The molecule has 0 aromatic heterocycles. The van der Waals surface area contributed by atoms with E-state index in [1.165, 1.54) is 19.1 Å². The van der Waals surface area contributed by atoms with Gasteiger partial charge in [0.1, 0.15) is 5.75 Å². The molecular formula is C10H13F2NO. The minimum absolute atomic E-state index is 0.177. The number of aromatic hydroxyl groups is 1. The number of halogens is 2. The van der Waals surface area contributed by atoms with E-state index in [0.29, 0.717) is 6.54 Å². The van der Waals surface area contributed by atoms with E-state index in [0.717, 1.165) is 5.56 Å². The molecule has 14 heavy (non-hydrogen) atoms. The van der Waals surface area contributed by atoms with Crippen LogP contribution >= 0.6 is 0 Å². The van der Waals surface area contributed by atoms with Gasteiger partial charge < -0.3 is 10.4 Å². The lowest BCUT2D eigenvalue weighted by atomic mass is 10.2. The molecule has 1 atom stereocenters. The lowest BCUT2D eigenvalue weighted by Crippen LogP contribution is -2.31. The molecule has 1 aromatic rings. The number of alkyl halides is 2. The van der Waals surface area contributed by atoms with Crippen molar-refractivity contribution in [3.8, 4) is 5.75 Å². The fourth-order valence-corrected chi connectivity index (χ4v) is 0.982. The first-order valence-corrected chi connectivity index (χ1v) is 4.39. The predicted molar refractivity (Wildman–Crippen MR) is 50.4 cm³/mol. The van der Waals surface area contributed by atoms with E-state index in [-0.39, 0.29) is 5.75 Å². The first-order chi connectivity index (χ1) is 6.59. The molecule has 0 radical (unpaired) electrons. The molecular weight excluding hydrogens is 188 g/mol. The van der Waals surface area contributed by atoms with Crippen molar-refractivity contribution in [1.29, 1.82) is 0 Å². The number of hydrogen-bond donors (Lipinski definition) is 2. The largest absolute Gasteiger partial charge is 0.508 e. The van der Waals surface area contributed by atoms with Crippen molar-refractivity contribution < 1.29 is 13.9 Å². The molecule has 0 spiro atoms. The van der Waals surface area contributed by atoms with Crippen LogP contribution in [0.2, 0.25) is 0 Å². The normalized spacial score (nSPS) is 13.1. The zero-order chi connectivity index (χ0) is 10.6. The summed E-state index contributed by atoms with van der Waals surface area (Å²) in [4.78, 5) is 0. The second-order valence-electron chi connectivity index (χ2n) is 3.17. The van der Waals surface area contributed by atoms with E-state index in [9.17, 15) is 8.78 Å². The van der Waals surface area contributed by atoms with Gasteiger partial charge in [0.05, 0.1) is 6.04 Å². The van der Waals surface area contributed by atoms with Crippen molar-refractivity contribution in [2.24, 2.45) is 0 Å². The standard InChI is InChI=1S/C10H13F2NO/c1-7(10(11)12)13-6-8-2-4-9(14)5-3-8/h2-5,7,10,13-14H,6H2,1H3. The van der Waals surface area contributed by atoms with Crippen LogP contribution in [0.25, 0.3) is 0 Å². The van der Waals surface area contributed by atoms with Gasteiger partial charge in [-0.15, -0.1) is 0 Å². The molecule has 1 aromatic carbocycles. The first kappa shape index (κ1) is 10.9. The van der Waals surface area contributed by atoms with Gasteiger partial charge in [0, 0.05) is 6.54 Å². The molecule has 0 aliphatic carbocycles. The molecule has 4 heteroatoms. The Morgan fingerprint density at radius 3 is 2.36 bits per heavy atom. The highest BCUT2D eigenvalue weighted by Crippen LogP contribution is 2.10. The highest BCUT2D eigenvalue weighted by Gasteiger charge is 2.12. The number of phenolic OH excluding ortho intramolecular Hbond substituents is 1. The smallest absolute Gasteiger partial charge is 0.253 e. The van der Waals surface area contributed by atoms with E-state index in [4.69, 9.17) is 5.11 Å². The van der Waals surface area contributed by atoms with Crippen molar-refractivity contribution in [1.82, 2.24) is 5.32 Å². The Balaban J connectivity index is 2.42. The van der Waals surface area contributed by atoms with Crippen LogP contribution in [0.4, 0.5) is 8.78 Å². The van der Waals surface area contributed by atoms with Crippen LogP contribution in [0.1, 0.15) is 12.5 Å². The summed E-state index contributed by atoms with van der Waals surface area (Å²) in [6.07, 6.45) is -2.35. The second kappa shape index (κ2) is 4.91. The monoisotopic (exact) mass is 201 g/mol. The number of nitrogens with one attached hydrogen (secondary N) is 1. The average Bonchev–Trinajstić information content (AvgIpc) is 2.16. The fraction of sp³-hybridized carbons (Fsp3) is 0.400. The Labute approximate surface area is 81.6 Å². The highest BCUT2D eigenvalue weighted by atomic mass is 19.3. The zero-order valence-corrected chi connectivity index (χ0v) is 7.87. The maximum absolute atomic E-state index is 12.1. The lowest BCUT2D eigenvalue weighted by Gasteiger charge is -2.12. The molecule has 2 N–H and O–H groups in total. The van der Waals surface area contributed by atoms with Crippen LogP contribution in [0.15, 0.2) is 24.3 Å². The lowest BCUT2D eigenvalue weighted by molar-refractivity contribution is 0.105. The molecule has 0 aliphatic heterocycles. The Kier molecular flexibility index (Phi) is 3.83. The molecule has 1 unspecified atom stereocenters. The van der Waals surface area contributed by atoms with E-state index in [1.54, 1.807) is 12.1 Å². The molecule has 0 heterocycles. The molecule has 78 valence electrons. The maximum Gasteiger partial charge on any atom is 0.253 e. The average molecular weight is 201 g/mol. The minimum atomic E-state index is -2.35. The van der Waals surface area contributed by atoms with E-state index in [1.807, 2.05) is 0 Å². The molecule has 0 saturated carbocycles. The number of hydrogen-bond acceptors (Lipinski definition) is 2. The zero-order valence-electron chi connectivity index (χ0n) is 7.87. The van der Waals surface area contributed by atoms with Gasteiger partial charge in [0.2, 0.25) is 0 Å². The van der Waals surface area contributed by atoms with Crippen LogP contribution in [0.5, 0.6) is 5.75 Å². The first-order valence-electron chi connectivity index (χ1n) is 4.39. The Morgan fingerprint density at radius 1 is 1.29 bits per heavy atom. The van der Waals surface area contributed by atoms with Gasteiger partial charge in [-0.2, -0.15) is 0 Å². The van der Waals surface area contributed by atoms with Crippen LogP contribution in [0.3, 0.4) is 0 Å². The second-order valence-corrected chi connectivity index (χ2v) is 3.17. The van der Waals surface area contributed by atoms with Gasteiger partial charge in [-0.25, -0.2) is 8.78 Å². The van der Waals surface area contributed by atoms with Crippen LogP contribution in [-0.2, 0) is 6.54 Å². The van der Waals surface area contributed by atoms with E-state index in [2.05, 4.69) is 5.32 Å². The van der Waals surface area contributed by atoms with Crippen molar-refractivity contribution in [2.75, 3.05) is 0 Å². The van der Waals surface area contributed by atoms with Gasteiger partial charge in [-0.3, -0.25) is 0 Å². The molecule has 0 saturated heterocycles. The van der Waals surface area contributed by atoms with Crippen molar-refractivity contribution in [3.05, 3.63) is 29.8 Å². The molecule has 0 fully saturated rings. The molecule has 2 nitrogen and oxygen atoms in total. The topological polar surface area (TPSA) is 32.3 Å². The van der Waals surface area contributed by atoms with E-state index >= 15 is 0 Å². The van der Waals surface area contributed by atoms with Gasteiger partial charge in [0.15, 0.2) is 0 Å². The quantitative estimate of drug-likeness (QED) is 0.782. The summed E-state index contributed by atoms with van der Waals surface area (Å²) in [6, 6.07) is 5.64. The third-order valence-electron chi connectivity index (χ3n) is 1.94. The summed E-state index contributed by atoms with van der Waals surface area (Å²) in [5.41, 5.74) is 0.871. The molecule has 0 aliphatic rings. The van der Waals surface area contributed by atoms with Gasteiger partial charge >= 0.3 is 0 Å². The maximum atomic E-state index is 12.1. The third-order valence-corrected chi connectivity index (χ3v) is 1.94. The number of benzene rings is 1. The Bertz CT molecular complexity index is 274. The minimum Gasteiger partial charge on any atom is -0.508 e. The van der Waals surface area contributed by atoms with Crippen molar-refractivity contribution in [2.45, 2.75) is 25.9 Å². The number of rotatable bonds is 4. The summed E-state index contributed by atoms with van der Waals surface area (Å²) in [5, 5.41) is 11.7. The SMILES string of the molecule is CC(NCc1ccc(O)cc1)C(F)F. The van der Waals surface area contributed by atoms with E-state index < -0.39 is 12.5 Å². The molecule has 1 rings (SSSR count). The predicted octanol–water partition coefficient (Wildman–Crippen LogP) is 2.14. The van der Waals surface area contributed by atoms with Gasteiger partial charge in [0.25, 0.3) is 6.43 Å². The summed E-state index contributed by atoms with van der Waals surface area (Å²) < 4.78 is 24.2. The summed E-state index contributed by atoms with van der Waals surface area (Å²) in [5.74, 6) is 0.177. The van der Waals surface area contributed by atoms with Gasteiger partial charge in [-0.05, 0) is 24.6 Å². The van der Waals surface area contributed by atoms with Gasteiger partial charge in [-0.1, -0.05) is 12.1 Å².